The zero-order valence-corrected chi connectivity index (χ0v) is 23.5. The van der Waals surface area contributed by atoms with Crippen LogP contribution in [0.15, 0.2) is 12.4 Å². The summed E-state index contributed by atoms with van der Waals surface area (Å²) in [4.78, 5) is 19.7. The first-order chi connectivity index (χ1) is 18.5. The van der Waals surface area contributed by atoms with Crippen LogP contribution in [-0.2, 0) is 13.5 Å². The molecule has 210 valence electrons. The van der Waals surface area contributed by atoms with Crippen LogP contribution >= 0.6 is 11.6 Å². The van der Waals surface area contributed by atoms with Gasteiger partial charge in [-0.15, -0.1) is 0 Å². The van der Waals surface area contributed by atoms with Crippen molar-refractivity contribution in [2.45, 2.75) is 102 Å². The summed E-state index contributed by atoms with van der Waals surface area (Å²) in [6, 6.07) is 0.976. The number of halogens is 1. The zero-order chi connectivity index (χ0) is 26.7. The van der Waals surface area contributed by atoms with Gasteiger partial charge in [0.1, 0.15) is 0 Å². The van der Waals surface area contributed by atoms with Crippen molar-refractivity contribution < 1.29 is 9.90 Å². The molecule has 9 nitrogen and oxygen atoms in total. The van der Waals surface area contributed by atoms with Crippen molar-refractivity contribution in [3.05, 3.63) is 23.1 Å². The largest absolute Gasteiger partial charge is 0.465 e. The van der Waals surface area contributed by atoms with E-state index in [9.17, 15) is 4.79 Å². The first-order valence-electron chi connectivity index (χ1n) is 14.5. The van der Waals surface area contributed by atoms with Gasteiger partial charge in [0.25, 0.3) is 0 Å². The molecule has 0 spiro atoms. The molecule has 38 heavy (non-hydrogen) atoms. The van der Waals surface area contributed by atoms with E-state index in [2.05, 4.69) is 26.0 Å². The molecule has 2 heterocycles. The van der Waals surface area contributed by atoms with E-state index in [1.807, 2.05) is 17.9 Å². The minimum absolute atomic E-state index is 0.382. The van der Waals surface area contributed by atoms with Crippen LogP contribution in [0.1, 0.15) is 89.2 Å². The molecule has 1 amide bonds. The molecule has 2 aromatic heterocycles. The van der Waals surface area contributed by atoms with Crippen molar-refractivity contribution in [1.82, 2.24) is 30.4 Å². The Morgan fingerprint density at radius 2 is 1.63 bits per heavy atom. The van der Waals surface area contributed by atoms with Crippen molar-refractivity contribution in [2.24, 2.45) is 13.0 Å². The third-order valence-corrected chi connectivity index (χ3v) is 8.14. The lowest BCUT2D eigenvalue weighted by Crippen LogP contribution is -2.37. The van der Waals surface area contributed by atoms with Crippen LogP contribution in [0.2, 0.25) is 5.02 Å². The number of hydrogen-bond acceptors (Lipinski definition) is 6. The molecule has 4 rings (SSSR count). The second-order valence-corrected chi connectivity index (χ2v) is 11.4. The van der Waals surface area contributed by atoms with Crippen molar-refractivity contribution >= 4 is 23.6 Å². The van der Waals surface area contributed by atoms with Crippen LogP contribution in [-0.4, -0.2) is 56.1 Å². The number of unbranched alkanes of at least 4 members (excludes halogenated alkanes) is 6. The Morgan fingerprint density at radius 1 is 0.974 bits per heavy atom. The molecule has 2 aromatic rings. The number of anilines is 1. The molecule has 2 fully saturated rings. The lowest BCUT2D eigenvalue weighted by atomic mass is 9.91. The molecule has 0 aliphatic heterocycles. The molecule has 10 heteroatoms. The van der Waals surface area contributed by atoms with Crippen LogP contribution in [0.5, 0.6) is 0 Å². The van der Waals surface area contributed by atoms with E-state index in [-0.39, 0.29) is 0 Å². The first-order valence-corrected chi connectivity index (χ1v) is 14.9. The highest BCUT2D eigenvalue weighted by atomic mass is 35.5. The quantitative estimate of drug-likeness (QED) is 0.197. The smallest absolute Gasteiger partial charge is 0.404 e. The summed E-state index contributed by atoms with van der Waals surface area (Å²) in [6.07, 6.45) is 19.0. The van der Waals surface area contributed by atoms with Crippen molar-refractivity contribution in [3.8, 4) is 11.3 Å². The maximum atomic E-state index is 10.4. The standard InChI is InChI=1S/C28H44ClN7O2/c1-36-25(17-20-9-10-20)23(18-33-36)26-24(29)19-32-27(35-26)34-22-13-11-21(12-14-22)30-15-7-5-3-2-4-6-8-16-31-28(37)38/h18-22,30-31H,2-17H2,1H3,(H,37,38)(H,32,34,35). The van der Waals surface area contributed by atoms with Gasteiger partial charge >= 0.3 is 6.09 Å². The Hall–Kier alpha value is -2.39. The van der Waals surface area contributed by atoms with Gasteiger partial charge in [0.2, 0.25) is 5.95 Å². The Labute approximate surface area is 231 Å². The molecule has 0 atom stereocenters. The number of nitrogens with zero attached hydrogens (tertiary/aromatic N) is 4. The predicted molar refractivity (Wildman–Crippen MR) is 152 cm³/mol. The average Bonchev–Trinajstić information content (AvgIpc) is 3.66. The monoisotopic (exact) mass is 545 g/mol. The topological polar surface area (TPSA) is 117 Å². The molecular formula is C28H44ClN7O2. The van der Waals surface area contributed by atoms with Gasteiger partial charge in [-0.2, -0.15) is 5.10 Å². The highest BCUT2D eigenvalue weighted by Crippen LogP contribution is 2.37. The molecule has 0 radical (unpaired) electrons. The molecule has 2 aliphatic rings. The molecule has 0 aromatic carbocycles. The molecule has 0 bridgehead atoms. The van der Waals surface area contributed by atoms with E-state index in [0.29, 0.717) is 29.6 Å². The molecule has 2 saturated carbocycles. The fraction of sp³-hybridized carbons (Fsp3) is 0.714. The van der Waals surface area contributed by atoms with Crippen LogP contribution in [0, 0.1) is 5.92 Å². The van der Waals surface area contributed by atoms with E-state index in [0.717, 1.165) is 68.7 Å². The van der Waals surface area contributed by atoms with Gasteiger partial charge in [-0.25, -0.2) is 14.8 Å². The van der Waals surface area contributed by atoms with Crippen molar-refractivity contribution in [3.63, 3.8) is 0 Å². The second-order valence-electron chi connectivity index (χ2n) is 11.0. The number of hydrogen-bond donors (Lipinski definition) is 4. The lowest BCUT2D eigenvalue weighted by molar-refractivity contribution is 0.194. The number of rotatable bonds is 16. The Morgan fingerprint density at radius 3 is 2.32 bits per heavy atom. The first kappa shape index (κ1) is 28.6. The van der Waals surface area contributed by atoms with E-state index in [1.54, 1.807) is 6.20 Å². The Bertz CT molecular complexity index is 1020. The molecule has 4 N–H and O–H groups in total. The number of aryl methyl sites for hydroxylation is 1. The number of nitrogens with one attached hydrogen (secondary N) is 3. The fourth-order valence-corrected chi connectivity index (χ4v) is 5.58. The van der Waals surface area contributed by atoms with Crippen molar-refractivity contribution in [2.75, 3.05) is 18.4 Å². The Kier molecular flexibility index (Phi) is 11.1. The number of amides is 1. The van der Waals surface area contributed by atoms with E-state index >= 15 is 0 Å². The third-order valence-electron chi connectivity index (χ3n) is 7.86. The molecule has 0 unspecified atom stereocenters. The molecule has 2 aliphatic carbocycles. The molecular weight excluding hydrogens is 502 g/mol. The van der Waals surface area contributed by atoms with Gasteiger partial charge in [0, 0.05) is 36.9 Å². The predicted octanol–water partition coefficient (Wildman–Crippen LogP) is 5.79. The van der Waals surface area contributed by atoms with Gasteiger partial charge in [-0.1, -0.05) is 43.7 Å². The zero-order valence-electron chi connectivity index (χ0n) is 22.7. The number of aromatic nitrogens is 4. The lowest BCUT2D eigenvalue weighted by Gasteiger charge is -2.30. The van der Waals surface area contributed by atoms with Gasteiger partial charge in [-0.3, -0.25) is 4.68 Å². The van der Waals surface area contributed by atoms with Crippen LogP contribution < -0.4 is 16.0 Å². The van der Waals surface area contributed by atoms with Crippen LogP contribution in [0.4, 0.5) is 10.7 Å². The third kappa shape index (κ3) is 9.12. The highest BCUT2D eigenvalue weighted by molar-refractivity contribution is 6.32. The summed E-state index contributed by atoms with van der Waals surface area (Å²) in [7, 11) is 2.00. The van der Waals surface area contributed by atoms with Gasteiger partial charge in [-0.05, 0) is 70.3 Å². The van der Waals surface area contributed by atoms with Gasteiger partial charge in [0.05, 0.1) is 23.1 Å². The SMILES string of the molecule is Cn1ncc(-c2nc(NC3CCC(NCCCCCCCCCNC(=O)O)CC3)ncc2Cl)c1CC1CC1. The van der Waals surface area contributed by atoms with Crippen LogP contribution in [0.25, 0.3) is 11.3 Å². The van der Waals surface area contributed by atoms with Crippen LogP contribution in [0.3, 0.4) is 0 Å². The maximum Gasteiger partial charge on any atom is 0.404 e. The fourth-order valence-electron chi connectivity index (χ4n) is 5.38. The summed E-state index contributed by atoms with van der Waals surface area (Å²) >= 11 is 6.53. The summed E-state index contributed by atoms with van der Waals surface area (Å²) in [5.41, 5.74) is 3.01. The number of carbonyl (C=O) groups is 1. The van der Waals surface area contributed by atoms with E-state index in [1.165, 1.54) is 50.6 Å². The van der Waals surface area contributed by atoms with Gasteiger partial charge < -0.3 is 21.1 Å². The minimum Gasteiger partial charge on any atom is -0.465 e. The normalized spacial score (nSPS) is 19.4. The number of carboxylic acid groups (broad SMARTS) is 1. The summed E-state index contributed by atoms with van der Waals surface area (Å²) < 4.78 is 1.96. The summed E-state index contributed by atoms with van der Waals surface area (Å²) in [5.74, 6) is 1.41. The average molecular weight is 546 g/mol. The maximum absolute atomic E-state index is 10.4. The minimum atomic E-state index is -0.925. The van der Waals surface area contributed by atoms with Crippen molar-refractivity contribution in [1.29, 1.82) is 0 Å². The summed E-state index contributed by atoms with van der Waals surface area (Å²) in [6.45, 7) is 1.65. The van der Waals surface area contributed by atoms with Gasteiger partial charge in [0.15, 0.2) is 0 Å². The second kappa shape index (κ2) is 14.7. The molecule has 0 saturated heterocycles. The Balaban J connectivity index is 1.11. The van der Waals surface area contributed by atoms with E-state index in [4.69, 9.17) is 21.7 Å². The highest BCUT2D eigenvalue weighted by Gasteiger charge is 2.26. The summed E-state index contributed by atoms with van der Waals surface area (Å²) in [5, 5.41) is 23.3. The van der Waals surface area contributed by atoms with E-state index < -0.39 is 6.09 Å².